The van der Waals surface area contributed by atoms with Gasteiger partial charge in [0.05, 0.1) is 6.61 Å². The summed E-state index contributed by atoms with van der Waals surface area (Å²) in [7, 11) is 1.99. The molecular formula is C14H16N2O. The molecule has 17 heavy (non-hydrogen) atoms. The van der Waals surface area contributed by atoms with Crippen molar-refractivity contribution < 1.29 is 5.11 Å². The smallest absolute Gasteiger partial charge is 0.0717 e. The van der Waals surface area contributed by atoms with Gasteiger partial charge in [-0.1, -0.05) is 17.7 Å². The van der Waals surface area contributed by atoms with E-state index < -0.39 is 0 Å². The third-order valence-corrected chi connectivity index (χ3v) is 2.83. The molecule has 0 bridgehead atoms. The molecule has 0 radical (unpaired) electrons. The first-order valence-corrected chi connectivity index (χ1v) is 5.56. The molecule has 0 spiro atoms. The summed E-state index contributed by atoms with van der Waals surface area (Å²) in [6.45, 7) is 2.06. The fraction of sp³-hybridized carbons (Fsp3) is 0.214. The summed E-state index contributed by atoms with van der Waals surface area (Å²) in [4.78, 5) is 6.07. The minimum atomic E-state index is -0.000620. The highest BCUT2D eigenvalue weighted by atomic mass is 16.3. The predicted octanol–water partition coefficient (Wildman–Crippen LogP) is 2.65. The van der Waals surface area contributed by atoms with Crippen LogP contribution >= 0.6 is 0 Å². The summed E-state index contributed by atoms with van der Waals surface area (Å²) in [5.41, 5.74) is 4.14. The molecule has 0 amide bonds. The second-order valence-electron chi connectivity index (χ2n) is 4.06. The highest BCUT2D eigenvalue weighted by Crippen LogP contribution is 2.26. The summed E-state index contributed by atoms with van der Waals surface area (Å²) in [5.74, 6) is 0. The number of hydrogen-bond acceptors (Lipinski definition) is 3. The van der Waals surface area contributed by atoms with Crippen LogP contribution in [-0.4, -0.2) is 17.1 Å². The van der Waals surface area contributed by atoms with Crippen molar-refractivity contribution in [3.8, 4) is 0 Å². The Kier molecular flexibility index (Phi) is 3.40. The predicted molar refractivity (Wildman–Crippen MR) is 69.4 cm³/mol. The van der Waals surface area contributed by atoms with E-state index in [0.717, 1.165) is 16.9 Å². The highest BCUT2D eigenvalue weighted by Gasteiger charge is 2.08. The molecule has 1 aromatic heterocycles. The molecule has 1 heterocycles. The average Bonchev–Trinajstić information content (AvgIpc) is 2.39. The Morgan fingerprint density at radius 2 is 1.88 bits per heavy atom. The number of aliphatic hydroxyl groups is 1. The zero-order valence-corrected chi connectivity index (χ0v) is 10.1. The van der Waals surface area contributed by atoms with Gasteiger partial charge in [-0.2, -0.15) is 0 Å². The maximum atomic E-state index is 9.29. The summed E-state index contributed by atoms with van der Waals surface area (Å²) < 4.78 is 0. The first-order valence-electron chi connectivity index (χ1n) is 5.56. The maximum absolute atomic E-state index is 9.29. The minimum Gasteiger partial charge on any atom is -0.392 e. The lowest BCUT2D eigenvalue weighted by Gasteiger charge is -2.21. The van der Waals surface area contributed by atoms with Crippen LogP contribution in [0.2, 0.25) is 0 Å². The number of anilines is 2. The quantitative estimate of drug-likeness (QED) is 0.877. The van der Waals surface area contributed by atoms with E-state index in [-0.39, 0.29) is 6.61 Å². The lowest BCUT2D eigenvalue weighted by molar-refractivity contribution is 0.282. The fourth-order valence-corrected chi connectivity index (χ4v) is 1.78. The van der Waals surface area contributed by atoms with Gasteiger partial charge in [-0.25, -0.2) is 0 Å². The van der Waals surface area contributed by atoms with Crippen molar-refractivity contribution >= 4 is 11.4 Å². The molecule has 0 fully saturated rings. The first kappa shape index (κ1) is 11.6. The third-order valence-electron chi connectivity index (χ3n) is 2.83. The monoisotopic (exact) mass is 228 g/mol. The Hall–Kier alpha value is -1.87. The number of rotatable bonds is 3. The van der Waals surface area contributed by atoms with Gasteiger partial charge in [-0.05, 0) is 25.1 Å². The van der Waals surface area contributed by atoms with Gasteiger partial charge in [-0.15, -0.1) is 0 Å². The average molecular weight is 228 g/mol. The summed E-state index contributed by atoms with van der Waals surface area (Å²) >= 11 is 0. The van der Waals surface area contributed by atoms with Gasteiger partial charge in [0, 0.05) is 36.4 Å². The number of aliphatic hydroxyl groups excluding tert-OH is 1. The first-order chi connectivity index (χ1) is 8.22. The van der Waals surface area contributed by atoms with Crippen molar-refractivity contribution in [1.82, 2.24) is 4.98 Å². The van der Waals surface area contributed by atoms with E-state index in [2.05, 4.69) is 36.2 Å². The molecule has 2 rings (SSSR count). The van der Waals surface area contributed by atoms with E-state index in [1.54, 1.807) is 12.4 Å². The topological polar surface area (TPSA) is 36.4 Å². The SMILES string of the molecule is Cc1ccc(N(C)c2ccncc2CO)cc1. The van der Waals surface area contributed by atoms with Crippen LogP contribution in [-0.2, 0) is 6.61 Å². The number of benzene rings is 1. The molecule has 1 aromatic carbocycles. The molecule has 3 nitrogen and oxygen atoms in total. The zero-order chi connectivity index (χ0) is 12.3. The second kappa shape index (κ2) is 4.97. The number of hydrogen-bond donors (Lipinski definition) is 1. The summed E-state index contributed by atoms with van der Waals surface area (Å²) in [5, 5.41) is 9.29. The molecule has 1 N–H and O–H groups in total. The molecule has 88 valence electrons. The van der Waals surface area contributed by atoms with E-state index in [1.807, 2.05) is 18.0 Å². The van der Waals surface area contributed by atoms with Crippen molar-refractivity contribution in [1.29, 1.82) is 0 Å². The molecule has 0 aliphatic carbocycles. The Morgan fingerprint density at radius 1 is 1.18 bits per heavy atom. The van der Waals surface area contributed by atoms with Crippen LogP contribution < -0.4 is 4.90 Å². The van der Waals surface area contributed by atoms with Crippen LogP contribution in [0.15, 0.2) is 42.7 Å². The van der Waals surface area contributed by atoms with E-state index in [0.29, 0.717) is 0 Å². The van der Waals surface area contributed by atoms with E-state index in [1.165, 1.54) is 5.56 Å². The van der Waals surface area contributed by atoms with Crippen LogP contribution in [0.1, 0.15) is 11.1 Å². The van der Waals surface area contributed by atoms with Gasteiger partial charge >= 0.3 is 0 Å². The molecule has 3 heteroatoms. The van der Waals surface area contributed by atoms with Gasteiger partial charge in [0.1, 0.15) is 0 Å². The minimum absolute atomic E-state index is 0.000620. The van der Waals surface area contributed by atoms with Crippen molar-refractivity contribution in [3.63, 3.8) is 0 Å². The number of pyridine rings is 1. The highest BCUT2D eigenvalue weighted by molar-refractivity contribution is 5.65. The van der Waals surface area contributed by atoms with Gasteiger partial charge < -0.3 is 10.0 Å². The van der Waals surface area contributed by atoms with Crippen molar-refractivity contribution in [2.45, 2.75) is 13.5 Å². The molecule has 0 saturated heterocycles. The van der Waals surface area contributed by atoms with Gasteiger partial charge in [-0.3, -0.25) is 4.98 Å². The Morgan fingerprint density at radius 3 is 2.53 bits per heavy atom. The normalized spacial score (nSPS) is 10.3. The standard InChI is InChI=1S/C14H16N2O/c1-11-3-5-13(6-4-11)16(2)14-7-8-15-9-12(14)10-17/h3-9,17H,10H2,1-2H3. The van der Waals surface area contributed by atoms with Crippen molar-refractivity contribution in [2.75, 3.05) is 11.9 Å². The second-order valence-corrected chi connectivity index (χ2v) is 4.06. The molecular weight excluding hydrogens is 212 g/mol. The molecule has 0 aliphatic rings. The molecule has 0 aliphatic heterocycles. The lowest BCUT2D eigenvalue weighted by atomic mass is 10.2. The third kappa shape index (κ3) is 2.45. The van der Waals surface area contributed by atoms with Crippen molar-refractivity contribution in [3.05, 3.63) is 53.9 Å². The van der Waals surface area contributed by atoms with Crippen LogP contribution in [0.3, 0.4) is 0 Å². The molecule has 2 aromatic rings. The van der Waals surface area contributed by atoms with E-state index >= 15 is 0 Å². The van der Waals surface area contributed by atoms with Gasteiger partial charge in [0.15, 0.2) is 0 Å². The van der Waals surface area contributed by atoms with Crippen molar-refractivity contribution in [2.24, 2.45) is 0 Å². The summed E-state index contributed by atoms with van der Waals surface area (Å²) in [6, 6.07) is 10.2. The lowest BCUT2D eigenvalue weighted by Crippen LogP contribution is -2.12. The fourth-order valence-electron chi connectivity index (χ4n) is 1.78. The Labute approximate surface area is 101 Å². The van der Waals surface area contributed by atoms with Crippen LogP contribution in [0, 0.1) is 6.92 Å². The number of aromatic nitrogens is 1. The van der Waals surface area contributed by atoms with Gasteiger partial charge in [0.2, 0.25) is 0 Å². The van der Waals surface area contributed by atoms with Crippen LogP contribution in [0.4, 0.5) is 11.4 Å². The Bertz CT molecular complexity index is 494. The van der Waals surface area contributed by atoms with Crippen LogP contribution in [0.25, 0.3) is 0 Å². The largest absolute Gasteiger partial charge is 0.392 e. The number of nitrogens with zero attached hydrogens (tertiary/aromatic N) is 2. The van der Waals surface area contributed by atoms with E-state index in [4.69, 9.17) is 0 Å². The molecule has 0 atom stereocenters. The Balaban J connectivity index is 2.36. The van der Waals surface area contributed by atoms with Crippen LogP contribution in [0.5, 0.6) is 0 Å². The maximum Gasteiger partial charge on any atom is 0.0717 e. The summed E-state index contributed by atoms with van der Waals surface area (Å²) in [6.07, 6.45) is 3.43. The number of aryl methyl sites for hydroxylation is 1. The molecule has 0 saturated carbocycles. The zero-order valence-electron chi connectivity index (χ0n) is 10.1. The molecule has 0 unspecified atom stereocenters. The van der Waals surface area contributed by atoms with E-state index in [9.17, 15) is 5.11 Å². The van der Waals surface area contributed by atoms with Gasteiger partial charge in [0.25, 0.3) is 0 Å².